The lowest BCUT2D eigenvalue weighted by Gasteiger charge is -2.39. The number of aliphatic imine (C=N–C) groups is 1. The third kappa shape index (κ3) is 4.47. The molecular weight excluding hydrogens is 348 g/mol. The predicted molar refractivity (Wildman–Crippen MR) is 94.3 cm³/mol. The van der Waals surface area contributed by atoms with Crippen molar-refractivity contribution in [2.24, 2.45) is 4.99 Å². The average molecular weight is 372 g/mol. The van der Waals surface area contributed by atoms with Crippen LogP contribution in [0.15, 0.2) is 17.4 Å². The molecule has 1 aromatic rings. The van der Waals surface area contributed by atoms with E-state index < -0.39 is 19.5 Å². The van der Waals surface area contributed by atoms with Crippen molar-refractivity contribution in [1.82, 2.24) is 20.0 Å². The van der Waals surface area contributed by atoms with Gasteiger partial charge in [-0.2, -0.15) is 5.10 Å². The van der Waals surface area contributed by atoms with Crippen LogP contribution in [0.2, 0.25) is 0 Å². The van der Waals surface area contributed by atoms with Gasteiger partial charge in [-0.15, -0.1) is 0 Å². The third-order valence-electron chi connectivity index (χ3n) is 4.10. The van der Waals surface area contributed by atoms with E-state index in [0.717, 1.165) is 0 Å². The number of hydrogen-bond donors (Lipinski definition) is 1. The van der Waals surface area contributed by atoms with E-state index in [0.29, 0.717) is 38.7 Å². The standard InChI is InChI=1S/C14H24N6O4S/c1-4-15-13(18-7-8-25(23,24)14(2,3)11-18)16-5-6-19-10-12(9-17-19)20(21)22/h9-10H,4-8,11H2,1-3H3,(H,15,16). The Balaban J connectivity index is 2.04. The highest BCUT2D eigenvalue weighted by atomic mass is 32.2. The molecule has 25 heavy (non-hydrogen) atoms. The van der Waals surface area contributed by atoms with Gasteiger partial charge in [-0.3, -0.25) is 19.8 Å². The van der Waals surface area contributed by atoms with E-state index in [1.807, 2.05) is 11.8 Å². The quantitative estimate of drug-likeness (QED) is 0.340. The minimum atomic E-state index is -3.11. The number of nitro groups is 1. The fourth-order valence-electron chi connectivity index (χ4n) is 2.58. The highest BCUT2D eigenvalue weighted by Crippen LogP contribution is 2.23. The van der Waals surface area contributed by atoms with Gasteiger partial charge in [0.25, 0.3) is 0 Å². The zero-order valence-corrected chi connectivity index (χ0v) is 15.5. The lowest BCUT2D eigenvalue weighted by Crippen LogP contribution is -2.57. The first-order valence-corrected chi connectivity index (χ1v) is 9.74. The molecule has 0 radical (unpaired) electrons. The molecule has 0 spiro atoms. The second kappa shape index (κ2) is 7.38. The lowest BCUT2D eigenvalue weighted by atomic mass is 10.2. The van der Waals surface area contributed by atoms with Crippen LogP contribution in [0.25, 0.3) is 0 Å². The maximum atomic E-state index is 12.1. The smallest absolute Gasteiger partial charge is 0.306 e. The predicted octanol–water partition coefficient (Wildman–Crippen LogP) is 0.266. The van der Waals surface area contributed by atoms with Crippen LogP contribution in [-0.2, 0) is 16.4 Å². The summed E-state index contributed by atoms with van der Waals surface area (Å²) in [5.41, 5.74) is -0.0566. The van der Waals surface area contributed by atoms with Gasteiger partial charge in [-0.1, -0.05) is 0 Å². The van der Waals surface area contributed by atoms with Crippen LogP contribution in [-0.4, -0.2) is 70.7 Å². The fourth-order valence-corrected chi connectivity index (χ4v) is 3.94. The van der Waals surface area contributed by atoms with Crippen molar-refractivity contribution < 1.29 is 13.3 Å². The van der Waals surface area contributed by atoms with Gasteiger partial charge in [-0.05, 0) is 20.8 Å². The third-order valence-corrected chi connectivity index (χ3v) is 6.63. The summed E-state index contributed by atoms with van der Waals surface area (Å²) in [5.74, 6) is 0.739. The van der Waals surface area contributed by atoms with Crippen molar-refractivity contribution in [1.29, 1.82) is 0 Å². The number of aromatic nitrogens is 2. The molecule has 1 saturated heterocycles. The van der Waals surface area contributed by atoms with Gasteiger partial charge in [0.1, 0.15) is 12.4 Å². The van der Waals surface area contributed by atoms with E-state index in [1.165, 1.54) is 17.1 Å². The van der Waals surface area contributed by atoms with Gasteiger partial charge in [0.15, 0.2) is 15.8 Å². The largest absolute Gasteiger partial charge is 0.357 e. The molecule has 140 valence electrons. The van der Waals surface area contributed by atoms with E-state index >= 15 is 0 Å². The molecule has 0 saturated carbocycles. The van der Waals surface area contributed by atoms with Crippen molar-refractivity contribution in [2.75, 3.05) is 31.9 Å². The van der Waals surface area contributed by atoms with Gasteiger partial charge in [0.05, 0.1) is 28.5 Å². The summed E-state index contributed by atoms with van der Waals surface area (Å²) in [6.45, 7) is 7.60. The van der Waals surface area contributed by atoms with Crippen molar-refractivity contribution in [3.8, 4) is 0 Å². The Morgan fingerprint density at radius 2 is 2.24 bits per heavy atom. The van der Waals surface area contributed by atoms with Gasteiger partial charge in [0, 0.05) is 19.6 Å². The summed E-state index contributed by atoms with van der Waals surface area (Å²) in [6, 6.07) is 0. The van der Waals surface area contributed by atoms with Crippen LogP contribution in [0.3, 0.4) is 0 Å². The minimum absolute atomic E-state index is 0.0566. The first-order chi connectivity index (χ1) is 11.7. The highest BCUT2D eigenvalue weighted by Gasteiger charge is 2.40. The van der Waals surface area contributed by atoms with Crippen molar-refractivity contribution >= 4 is 21.5 Å². The normalized spacial score (nSPS) is 19.6. The molecular formula is C14H24N6O4S. The number of rotatable bonds is 5. The van der Waals surface area contributed by atoms with E-state index in [2.05, 4.69) is 15.4 Å². The molecule has 0 atom stereocenters. The molecule has 0 aromatic carbocycles. The van der Waals surface area contributed by atoms with E-state index in [-0.39, 0.29) is 11.4 Å². The average Bonchev–Trinajstić information content (AvgIpc) is 2.98. The maximum absolute atomic E-state index is 12.1. The second-order valence-corrected chi connectivity index (χ2v) is 9.20. The number of sulfone groups is 1. The van der Waals surface area contributed by atoms with Crippen LogP contribution in [0.1, 0.15) is 20.8 Å². The summed E-state index contributed by atoms with van der Waals surface area (Å²) in [6.07, 6.45) is 2.56. The SMILES string of the molecule is CCNC(=NCCn1cc([N+](=O)[O-])cn1)N1CCS(=O)(=O)C(C)(C)C1. The van der Waals surface area contributed by atoms with Crippen LogP contribution < -0.4 is 5.32 Å². The van der Waals surface area contributed by atoms with Crippen molar-refractivity contribution in [3.63, 3.8) is 0 Å². The van der Waals surface area contributed by atoms with Gasteiger partial charge >= 0.3 is 5.69 Å². The molecule has 2 rings (SSSR count). The zero-order chi connectivity index (χ0) is 18.7. The molecule has 2 heterocycles. The summed E-state index contributed by atoms with van der Waals surface area (Å²) in [4.78, 5) is 16.6. The molecule has 1 aliphatic rings. The van der Waals surface area contributed by atoms with Crippen LogP contribution in [0.5, 0.6) is 0 Å². The number of hydrogen-bond acceptors (Lipinski definition) is 6. The minimum Gasteiger partial charge on any atom is -0.357 e. The lowest BCUT2D eigenvalue weighted by molar-refractivity contribution is -0.385. The van der Waals surface area contributed by atoms with E-state index in [9.17, 15) is 18.5 Å². The molecule has 1 aliphatic heterocycles. The Morgan fingerprint density at radius 1 is 1.52 bits per heavy atom. The Kier molecular flexibility index (Phi) is 5.65. The van der Waals surface area contributed by atoms with Gasteiger partial charge in [-0.25, -0.2) is 8.42 Å². The zero-order valence-electron chi connectivity index (χ0n) is 14.7. The topological polar surface area (TPSA) is 123 Å². The van der Waals surface area contributed by atoms with Gasteiger partial charge in [0.2, 0.25) is 0 Å². The van der Waals surface area contributed by atoms with E-state index in [1.54, 1.807) is 13.8 Å². The summed E-state index contributed by atoms with van der Waals surface area (Å²) >= 11 is 0. The monoisotopic (exact) mass is 372 g/mol. The first kappa shape index (κ1) is 19.2. The fraction of sp³-hybridized carbons (Fsp3) is 0.714. The van der Waals surface area contributed by atoms with Crippen LogP contribution in [0.4, 0.5) is 5.69 Å². The Bertz CT molecular complexity index is 755. The van der Waals surface area contributed by atoms with E-state index in [4.69, 9.17) is 0 Å². The molecule has 0 aliphatic carbocycles. The molecule has 1 N–H and O–H groups in total. The van der Waals surface area contributed by atoms with Crippen LogP contribution in [0, 0.1) is 10.1 Å². The molecule has 1 fully saturated rings. The molecule has 0 amide bonds. The number of nitrogens with one attached hydrogen (secondary N) is 1. The molecule has 11 heteroatoms. The maximum Gasteiger partial charge on any atom is 0.306 e. The van der Waals surface area contributed by atoms with Crippen molar-refractivity contribution in [3.05, 3.63) is 22.5 Å². The Hall–Kier alpha value is -2.17. The molecule has 10 nitrogen and oxygen atoms in total. The Labute approximate surface area is 147 Å². The number of guanidine groups is 1. The van der Waals surface area contributed by atoms with Gasteiger partial charge < -0.3 is 10.2 Å². The van der Waals surface area contributed by atoms with Crippen molar-refractivity contribution in [2.45, 2.75) is 32.1 Å². The molecule has 0 bridgehead atoms. The molecule has 1 aromatic heterocycles. The second-order valence-electron chi connectivity index (χ2n) is 6.45. The highest BCUT2D eigenvalue weighted by molar-refractivity contribution is 7.92. The number of nitrogens with zero attached hydrogens (tertiary/aromatic N) is 5. The summed E-state index contributed by atoms with van der Waals surface area (Å²) in [7, 11) is -3.11. The summed E-state index contributed by atoms with van der Waals surface area (Å²) in [5, 5.41) is 17.8. The first-order valence-electron chi connectivity index (χ1n) is 8.08. The summed E-state index contributed by atoms with van der Waals surface area (Å²) < 4.78 is 24.9. The molecule has 0 unspecified atom stereocenters. The van der Waals surface area contributed by atoms with Crippen LogP contribution >= 0.6 is 0 Å². The Morgan fingerprint density at radius 3 is 2.80 bits per heavy atom.